The Morgan fingerprint density at radius 1 is 1.04 bits per heavy atom. The minimum atomic E-state index is 0.0707. The monoisotopic (exact) mass is 357 g/mol. The summed E-state index contributed by atoms with van der Waals surface area (Å²) in [6, 6.07) is 13.4. The van der Waals surface area contributed by atoms with Crippen LogP contribution in [0, 0.1) is 0 Å². The van der Waals surface area contributed by atoms with E-state index in [0.29, 0.717) is 26.2 Å². The highest BCUT2D eigenvalue weighted by atomic mass is 32.1. The molecule has 25 heavy (non-hydrogen) atoms. The lowest BCUT2D eigenvalue weighted by Gasteiger charge is -2.35. The summed E-state index contributed by atoms with van der Waals surface area (Å²) in [5, 5.41) is 2.02. The molecule has 0 saturated carbocycles. The Balaban J connectivity index is 1.46. The summed E-state index contributed by atoms with van der Waals surface area (Å²) in [5.74, 6) is 0.192. The van der Waals surface area contributed by atoms with Crippen molar-refractivity contribution in [2.75, 3.05) is 39.8 Å². The van der Waals surface area contributed by atoms with Crippen molar-refractivity contribution in [1.82, 2.24) is 14.7 Å². The van der Waals surface area contributed by atoms with Crippen molar-refractivity contribution < 1.29 is 9.59 Å². The molecule has 0 spiro atoms. The van der Waals surface area contributed by atoms with Crippen molar-refractivity contribution in [1.29, 1.82) is 0 Å². The molecule has 1 aliphatic rings. The van der Waals surface area contributed by atoms with E-state index >= 15 is 0 Å². The van der Waals surface area contributed by atoms with Gasteiger partial charge in [0.2, 0.25) is 5.91 Å². The van der Waals surface area contributed by atoms with Crippen LogP contribution in [0.15, 0.2) is 47.8 Å². The highest BCUT2D eigenvalue weighted by Crippen LogP contribution is 2.12. The Bertz CT molecular complexity index is 695. The third-order valence-electron chi connectivity index (χ3n) is 4.44. The van der Waals surface area contributed by atoms with Crippen molar-refractivity contribution >= 4 is 23.2 Å². The van der Waals surface area contributed by atoms with Gasteiger partial charge < -0.3 is 9.80 Å². The predicted octanol–water partition coefficient (Wildman–Crippen LogP) is 2.16. The van der Waals surface area contributed by atoms with Crippen molar-refractivity contribution in [2.24, 2.45) is 0 Å². The van der Waals surface area contributed by atoms with Gasteiger partial charge >= 0.3 is 0 Å². The summed E-state index contributed by atoms with van der Waals surface area (Å²) in [6.07, 6.45) is 0. The number of nitrogens with zero attached hydrogens (tertiary/aromatic N) is 3. The number of thiophene rings is 1. The SMILES string of the molecule is CN(Cc1cccs1)C(=O)CN1CCN(C(=O)c2ccccc2)CC1. The van der Waals surface area contributed by atoms with Gasteiger partial charge in [-0.1, -0.05) is 24.3 Å². The third kappa shape index (κ3) is 4.67. The van der Waals surface area contributed by atoms with Gasteiger partial charge in [-0.05, 0) is 23.6 Å². The number of amides is 2. The number of hydrogen-bond acceptors (Lipinski definition) is 4. The largest absolute Gasteiger partial charge is 0.340 e. The van der Waals surface area contributed by atoms with E-state index < -0.39 is 0 Å². The molecule has 1 aromatic heterocycles. The zero-order chi connectivity index (χ0) is 17.6. The van der Waals surface area contributed by atoms with Gasteiger partial charge in [-0.3, -0.25) is 14.5 Å². The molecule has 1 aromatic carbocycles. The van der Waals surface area contributed by atoms with E-state index in [0.717, 1.165) is 18.7 Å². The molecule has 2 heterocycles. The summed E-state index contributed by atoms with van der Waals surface area (Å²) in [4.78, 5) is 31.8. The van der Waals surface area contributed by atoms with Gasteiger partial charge in [-0.2, -0.15) is 0 Å². The molecule has 0 unspecified atom stereocenters. The van der Waals surface area contributed by atoms with Gasteiger partial charge in [0.15, 0.2) is 0 Å². The summed E-state index contributed by atoms with van der Waals surface area (Å²) >= 11 is 1.66. The zero-order valence-electron chi connectivity index (χ0n) is 14.4. The Morgan fingerprint density at radius 3 is 2.40 bits per heavy atom. The molecular formula is C19H23N3O2S. The quantitative estimate of drug-likeness (QED) is 0.824. The van der Waals surface area contributed by atoms with Crippen LogP contribution in [0.1, 0.15) is 15.2 Å². The Kier molecular flexibility index (Phi) is 5.83. The number of carbonyl (C=O) groups is 2. The molecular weight excluding hydrogens is 334 g/mol. The fourth-order valence-corrected chi connectivity index (χ4v) is 3.67. The number of rotatable bonds is 5. The van der Waals surface area contributed by atoms with Crippen LogP contribution in [0.4, 0.5) is 0 Å². The van der Waals surface area contributed by atoms with Gasteiger partial charge in [0.25, 0.3) is 5.91 Å². The first-order chi connectivity index (χ1) is 12.1. The second-order valence-corrected chi connectivity index (χ2v) is 7.30. The maximum Gasteiger partial charge on any atom is 0.253 e. The van der Waals surface area contributed by atoms with Crippen molar-refractivity contribution in [3.05, 3.63) is 58.3 Å². The predicted molar refractivity (Wildman–Crippen MR) is 99.6 cm³/mol. The van der Waals surface area contributed by atoms with E-state index in [1.54, 1.807) is 16.2 Å². The first-order valence-corrected chi connectivity index (χ1v) is 9.34. The molecule has 0 bridgehead atoms. The standard InChI is InChI=1S/C19H23N3O2S/c1-20(14-17-8-5-13-25-17)18(23)15-21-9-11-22(12-10-21)19(24)16-6-3-2-4-7-16/h2-8,13H,9-12,14-15H2,1H3. The van der Waals surface area contributed by atoms with Crippen LogP contribution in [-0.4, -0.2) is 66.3 Å². The van der Waals surface area contributed by atoms with Crippen LogP contribution in [0.5, 0.6) is 0 Å². The topological polar surface area (TPSA) is 43.9 Å². The summed E-state index contributed by atoms with van der Waals surface area (Å²) in [7, 11) is 1.84. The Hall–Kier alpha value is -2.18. The average Bonchev–Trinajstić information content (AvgIpc) is 3.15. The summed E-state index contributed by atoms with van der Waals surface area (Å²) < 4.78 is 0. The van der Waals surface area contributed by atoms with Crippen molar-refractivity contribution in [3.8, 4) is 0 Å². The van der Waals surface area contributed by atoms with E-state index in [-0.39, 0.29) is 11.8 Å². The number of benzene rings is 1. The summed E-state index contributed by atoms with van der Waals surface area (Å²) in [6.45, 7) is 3.86. The lowest BCUT2D eigenvalue weighted by Crippen LogP contribution is -2.51. The second-order valence-electron chi connectivity index (χ2n) is 6.26. The van der Waals surface area contributed by atoms with Crippen LogP contribution < -0.4 is 0 Å². The van der Waals surface area contributed by atoms with E-state index in [2.05, 4.69) is 4.90 Å². The van der Waals surface area contributed by atoms with Gasteiger partial charge in [-0.25, -0.2) is 0 Å². The van der Waals surface area contributed by atoms with Gasteiger partial charge in [0.1, 0.15) is 0 Å². The summed E-state index contributed by atoms with van der Waals surface area (Å²) in [5.41, 5.74) is 0.725. The molecule has 3 rings (SSSR count). The lowest BCUT2D eigenvalue weighted by atomic mass is 10.2. The first-order valence-electron chi connectivity index (χ1n) is 8.46. The Morgan fingerprint density at radius 2 is 1.76 bits per heavy atom. The first kappa shape index (κ1) is 17.6. The third-order valence-corrected chi connectivity index (χ3v) is 5.30. The van der Waals surface area contributed by atoms with Gasteiger partial charge in [-0.15, -0.1) is 11.3 Å². The van der Waals surface area contributed by atoms with Crippen LogP contribution in [-0.2, 0) is 11.3 Å². The van der Waals surface area contributed by atoms with Crippen molar-refractivity contribution in [2.45, 2.75) is 6.54 Å². The minimum absolute atomic E-state index is 0.0707. The molecule has 132 valence electrons. The fraction of sp³-hybridized carbons (Fsp3) is 0.368. The van der Waals surface area contributed by atoms with Crippen molar-refractivity contribution in [3.63, 3.8) is 0 Å². The highest BCUT2D eigenvalue weighted by molar-refractivity contribution is 7.09. The van der Waals surface area contributed by atoms with E-state index in [1.807, 2.05) is 59.8 Å². The fourth-order valence-electron chi connectivity index (χ4n) is 2.91. The minimum Gasteiger partial charge on any atom is -0.340 e. The normalized spacial score (nSPS) is 15.2. The molecule has 5 nitrogen and oxygen atoms in total. The average molecular weight is 357 g/mol. The molecule has 0 aliphatic carbocycles. The maximum atomic E-state index is 12.4. The Labute approximate surface area is 152 Å². The molecule has 1 aliphatic heterocycles. The van der Waals surface area contributed by atoms with Crippen LogP contribution in [0.25, 0.3) is 0 Å². The molecule has 1 saturated heterocycles. The van der Waals surface area contributed by atoms with E-state index in [4.69, 9.17) is 0 Å². The smallest absolute Gasteiger partial charge is 0.253 e. The molecule has 0 atom stereocenters. The van der Waals surface area contributed by atoms with Crippen LogP contribution in [0.3, 0.4) is 0 Å². The zero-order valence-corrected chi connectivity index (χ0v) is 15.2. The van der Waals surface area contributed by atoms with Crippen LogP contribution in [0.2, 0.25) is 0 Å². The number of piperazine rings is 1. The van der Waals surface area contributed by atoms with Gasteiger partial charge in [0, 0.05) is 43.7 Å². The molecule has 1 fully saturated rings. The molecule has 0 radical (unpaired) electrons. The number of hydrogen-bond donors (Lipinski definition) is 0. The number of likely N-dealkylation sites (N-methyl/N-ethyl adjacent to an activating group) is 1. The number of carbonyl (C=O) groups excluding carboxylic acids is 2. The molecule has 2 aromatic rings. The van der Waals surface area contributed by atoms with E-state index in [1.165, 1.54) is 4.88 Å². The van der Waals surface area contributed by atoms with E-state index in [9.17, 15) is 9.59 Å². The second kappa shape index (κ2) is 8.27. The molecule has 0 N–H and O–H groups in total. The molecule has 6 heteroatoms. The molecule has 2 amide bonds. The van der Waals surface area contributed by atoms with Gasteiger partial charge in [0.05, 0.1) is 13.1 Å². The van der Waals surface area contributed by atoms with Crippen LogP contribution >= 0.6 is 11.3 Å². The highest BCUT2D eigenvalue weighted by Gasteiger charge is 2.24. The maximum absolute atomic E-state index is 12.4. The lowest BCUT2D eigenvalue weighted by molar-refractivity contribution is -0.131.